The van der Waals surface area contributed by atoms with E-state index in [9.17, 15) is 0 Å². The number of benzene rings is 1. The van der Waals surface area contributed by atoms with Crippen LogP contribution in [0.4, 0.5) is 5.69 Å². The summed E-state index contributed by atoms with van der Waals surface area (Å²) in [6, 6.07) is 6.47. The van der Waals surface area contributed by atoms with Crippen molar-refractivity contribution in [3.05, 3.63) is 47.7 Å². The van der Waals surface area contributed by atoms with Crippen LogP contribution in [0.2, 0.25) is 0 Å². The number of anilines is 1. The Hall–Kier alpha value is -1.50. The van der Waals surface area contributed by atoms with E-state index in [4.69, 9.17) is 0 Å². The zero-order valence-corrected chi connectivity index (χ0v) is 9.62. The van der Waals surface area contributed by atoms with Crippen LogP contribution in [0.3, 0.4) is 0 Å². The molecule has 1 aliphatic heterocycles. The molecule has 0 atom stereocenters. The highest BCUT2D eigenvalue weighted by atomic mass is 15.1. The molecule has 0 aliphatic carbocycles. The fraction of sp³-hybridized carbons (Fsp3) is 0.286. The molecular weight excluding hydrogens is 182 g/mol. The Bertz CT molecular complexity index is 427. The molecule has 0 spiro atoms. The van der Waals surface area contributed by atoms with Gasteiger partial charge >= 0.3 is 0 Å². The first kappa shape index (κ1) is 10.0. The van der Waals surface area contributed by atoms with Gasteiger partial charge in [-0.1, -0.05) is 38.6 Å². The zero-order valence-electron chi connectivity index (χ0n) is 9.62. The third-order valence-corrected chi connectivity index (χ3v) is 2.97. The fourth-order valence-corrected chi connectivity index (χ4v) is 1.99. The molecule has 15 heavy (non-hydrogen) atoms. The van der Waals surface area contributed by atoms with Crippen LogP contribution >= 0.6 is 0 Å². The van der Waals surface area contributed by atoms with Crippen LogP contribution < -0.4 is 4.90 Å². The summed E-state index contributed by atoms with van der Waals surface area (Å²) in [5, 5.41) is 0. The van der Waals surface area contributed by atoms with E-state index < -0.39 is 0 Å². The van der Waals surface area contributed by atoms with Crippen LogP contribution in [0, 0.1) is 0 Å². The molecule has 1 nitrogen and oxygen atoms in total. The zero-order chi connectivity index (χ0) is 11.0. The van der Waals surface area contributed by atoms with E-state index in [1.54, 1.807) is 0 Å². The lowest BCUT2D eigenvalue weighted by atomic mass is 9.93. The van der Waals surface area contributed by atoms with Crippen molar-refractivity contribution < 1.29 is 0 Å². The molecule has 1 heteroatoms. The lowest BCUT2D eigenvalue weighted by Crippen LogP contribution is -2.18. The van der Waals surface area contributed by atoms with E-state index in [2.05, 4.69) is 62.7 Å². The molecule has 0 amide bonds. The minimum absolute atomic E-state index is 0.560. The molecular formula is C14H17N. The van der Waals surface area contributed by atoms with Crippen molar-refractivity contribution in [2.45, 2.75) is 19.8 Å². The molecule has 78 valence electrons. The SMILES string of the molecule is C=C1C=Cc2c(C(C)C)cccc2N1C. The summed E-state index contributed by atoms with van der Waals surface area (Å²) in [4.78, 5) is 2.14. The van der Waals surface area contributed by atoms with E-state index in [0.29, 0.717) is 5.92 Å². The third-order valence-electron chi connectivity index (χ3n) is 2.97. The van der Waals surface area contributed by atoms with Gasteiger partial charge in [0.1, 0.15) is 0 Å². The first-order valence-corrected chi connectivity index (χ1v) is 5.35. The number of likely N-dealkylation sites (N-methyl/N-ethyl adjacent to an activating group) is 1. The van der Waals surface area contributed by atoms with E-state index >= 15 is 0 Å². The van der Waals surface area contributed by atoms with Crippen molar-refractivity contribution in [1.29, 1.82) is 0 Å². The smallest absolute Gasteiger partial charge is 0.0484 e. The molecule has 0 fully saturated rings. The highest BCUT2D eigenvalue weighted by Gasteiger charge is 2.15. The molecule has 0 bridgehead atoms. The van der Waals surface area contributed by atoms with Crippen molar-refractivity contribution in [2.24, 2.45) is 0 Å². The second-order valence-electron chi connectivity index (χ2n) is 4.32. The average molecular weight is 199 g/mol. The second-order valence-corrected chi connectivity index (χ2v) is 4.32. The largest absolute Gasteiger partial charge is 0.345 e. The number of nitrogens with zero attached hydrogens (tertiary/aromatic N) is 1. The van der Waals surface area contributed by atoms with Crippen LogP contribution in [0.1, 0.15) is 30.9 Å². The van der Waals surface area contributed by atoms with Gasteiger partial charge in [-0.05, 0) is 23.6 Å². The Balaban J connectivity index is 2.61. The predicted octanol–water partition coefficient (Wildman–Crippen LogP) is 3.79. The average Bonchev–Trinajstić information content (AvgIpc) is 2.23. The summed E-state index contributed by atoms with van der Waals surface area (Å²) in [5.41, 5.74) is 5.04. The van der Waals surface area contributed by atoms with E-state index in [1.165, 1.54) is 16.8 Å². The number of hydrogen-bond donors (Lipinski definition) is 0. The van der Waals surface area contributed by atoms with Crippen molar-refractivity contribution in [3.63, 3.8) is 0 Å². The number of fused-ring (bicyclic) bond motifs is 1. The van der Waals surface area contributed by atoms with Gasteiger partial charge in [-0.3, -0.25) is 0 Å². The quantitative estimate of drug-likeness (QED) is 0.665. The fourth-order valence-electron chi connectivity index (χ4n) is 1.99. The molecule has 0 saturated carbocycles. The van der Waals surface area contributed by atoms with Crippen molar-refractivity contribution >= 4 is 11.8 Å². The highest BCUT2D eigenvalue weighted by molar-refractivity contribution is 5.78. The summed E-state index contributed by atoms with van der Waals surface area (Å²) < 4.78 is 0. The number of allylic oxidation sites excluding steroid dienone is 1. The Labute approximate surface area is 91.7 Å². The molecule has 2 rings (SSSR count). The minimum atomic E-state index is 0.560. The van der Waals surface area contributed by atoms with E-state index in [0.717, 1.165) is 5.70 Å². The van der Waals surface area contributed by atoms with Gasteiger partial charge in [-0.15, -0.1) is 0 Å². The van der Waals surface area contributed by atoms with Crippen molar-refractivity contribution in [2.75, 3.05) is 11.9 Å². The summed E-state index contributed by atoms with van der Waals surface area (Å²) in [6.07, 6.45) is 4.25. The first-order chi connectivity index (χ1) is 7.11. The van der Waals surface area contributed by atoms with Gasteiger partial charge in [0, 0.05) is 24.0 Å². The Morgan fingerprint density at radius 3 is 2.60 bits per heavy atom. The maximum Gasteiger partial charge on any atom is 0.0484 e. The third kappa shape index (κ3) is 1.58. The molecule has 0 N–H and O–H groups in total. The molecule has 1 aromatic carbocycles. The summed E-state index contributed by atoms with van der Waals surface area (Å²) in [7, 11) is 2.06. The van der Waals surface area contributed by atoms with Gasteiger partial charge in [-0.25, -0.2) is 0 Å². The van der Waals surface area contributed by atoms with Crippen LogP contribution in [0.15, 0.2) is 36.6 Å². The maximum absolute atomic E-state index is 4.01. The summed E-state index contributed by atoms with van der Waals surface area (Å²) >= 11 is 0. The molecule has 0 saturated heterocycles. The standard InChI is InChI=1S/C14H17N/c1-10(2)12-6-5-7-14-13(12)9-8-11(3)15(14)4/h5-10H,3H2,1-2,4H3. The van der Waals surface area contributed by atoms with Crippen LogP contribution in [-0.2, 0) is 0 Å². The van der Waals surface area contributed by atoms with Gasteiger partial charge in [-0.2, -0.15) is 0 Å². The Morgan fingerprint density at radius 1 is 1.20 bits per heavy atom. The topological polar surface area (TPSA) is 3.24 Å². The van der Waals surface area contributed by atoms with Gasteiger partial charge in [0.15, 0.2) is 0 Å². The first-order valence-electron chi connectivity index (χ1n) is 5.35. The molecule has 0 aromatic heterocycles. The van der Waals surface area contributed by atoms with Crippen LogP contribution in [0.5, 0.6) is 0 Å². The predicted molar refractivity (Wildman–Crippen MR) is 67.1 cm³/mol. The monoisotopic (exact) mass is 199 g/mol. The van der Waals surface area contributed by atoms with Gasteiger partial charge in [0.2, 0.25) is 0 Å². The summed E-state index contributed by atoms with van der Waals surface area (Å²) in [5.74, 6) is 0.560. The van der Waals surface area contributed by atoms with Crippen molar-refractivity contribution in [3.8, 4) is 0 Å². The van der Waals surface area contributed by atoms with Gasteiger partial charge < -0.3 is 4.90 Å². The van der Waals surface area contributed by atoms with Crippen LogP contribution in [0.25, 0.3) is 6.08 Å². The van der Waals surface area contributed by atoms with Gasteiger partial charge in [0.25, 0.3) is 0 Å². The lowest BCUT2D eigenvalue weighted by molar-refractivity contribution is 0.861. The molecule has 1 aliphatic rings. The van der Waals surface area contributed by atoms with Crippen LogP contribution in [-0.4, -0.2) is 7.05 Å². The van der Waals surface area contributed by atoms with E-state index in [-0.39, 0.29) is 0 Å². The minimum Gasteiger partial charge on any atom is -0.345 e. The molecule has 0 unspecified atom stereocenters. The normalized spacial score (nSPS) is 14.7. The number of hydrogen-bond acceptors (Lipinski definition) is 1. The molecule has 1 aromatic rings. The second kappa shape index (κ2) is 3.58. The lowest BCUT2D eigenvalue weighted by Gasteiger charge is -2.27. The highest BCUT2D eigenvalue weighted by Crippen LogP contribution is 2.34. The van der Waals surface area contributed by atoms with Crippen molar-refractivity contribution in [1.82, 2.24) is 0 Å². The Kier molecular flexibility index (Phi) is 2.39. The Morgan fingerprint density at radius 2 is 1.93 bits per heavy atom. The summed E-state index contributed by atoms with van der Waals surface area (Å²) in [6.45, 7) is 8.47. The molecule has 0 radical (unpaired) electrons. The molecule has 1 heterocycles. The van der Waals surface area contributed by atoms with E-state index in [1.807, 2.05) is 0 Å². The maximum atomic E-state index is 4.01. The number of rotatable bonds is 1. The van der Waals surface area contributed by atoms with Gasteiger partial charge in [0.05, 0.1) is 0 Å².